The second-order valence-electron chi connectivity index (χ2n) is 10.3. The summed E-state index contributed by atoms with van der Waals surface area (Å²) in [6, 6.07) is 0. The molecule has 2 saturated carbocycles. The normalized spacial score (nSPS) is 44.1. The lowest BCUT2D eigenvalue weighted by Crippen LogP contribution is -2.49. The first-order valence-corrected chi connectivity index (χ1v) is 10.9. The SMILES string of the molecule is C[C@H](CCC(=O)O)[C@@H]1CC[C@@H]2[C@H]3C=CC4=CC(=O)CC[C@]4(C)[C@@H]3CC[C@@]21C. The first-order valence-electron chi connectivity index (χ1n) is 10.9. The average molecular weight is 371 g/mol. The number of hydrogen-bond acceptors (Lipinski definition) is 2. The van der Waals surface area contributed by atoms with E-state index in [0.717, 1.165) is 12.8 Å². The number of allylic oxidation sites excluding steroid dienone is 4. The molecule has 0 saturated heterocycles. The Kier molecular flexibility index (Phi) is 4.63. The maximum Gasteiger partial charge on any atom is 0.303 e. The summed E-state index contributed by atoms with van der Waals surface area (Å²) in [6.45, 7) is 7.17. The minimum Gasteiger partial charge on any atom is -0.481 e. The quantitative estimate of drug-likeness (QED) is 0.720. The molecule has 3 heteroatoms. The van der Waals surface area contributed by atoms with Gasteiger partial charge in [-0.05, 0) is 90.6 Å². The van der Waals surface area contributed by atoms with Gasteiger partial charge in [0.25, 0.3) is 0 Å². The lowest BCUT2D eigenvalue weighted by Gasteiger charge is -2.56. The van der Waals surface area contributed by atoms with Crippen LogP contribution in [0, 0.1) is 40.4 Å². The summed E-state index contributed by atoms with van der Waals surface area (Å²) in [5.74, 6) is 2.75. The summed E-state index contributed by atoms with van der Waals surface area (Å²) in [6.07, 6.45) is 14.4. The van der Waals surface area contributed by atoms with Gasteiger partial charge in [0.15, 0.2) is 5.78 Å². The first-order chi connectivity index (χ1) is 12.8. The molecule has 4 rings (SSSR count). The number of ketones is 1. The van der Waals surface area contributed by atoms with Gasteiger partial charge in [-0.2, -0.15) is 0 Å². The standard InChI is InChI=1S/C24H34O3/c1-15(4-9-22(26)27)19-7-8-20-18-6-5-16-14-17(25)10-12-23(16,2)21(18)11-13-24(19,20)3/h5-6,14-15,18-21H,4,7-13H2,1-3H3,(H,26,27)/t15-,18-,19+,20-,21-,23+,24-/m1/s1. The van der Waals surface area contributed by atoms with Gasteiger partial charge in [-0.25, -0.2) is 0 Å². The topological polar surface area (TPSA) is 54.4 Å². The van der Waals surface area contributed by atoms with Crippen LogP contribution in [-0.4, -0.2) is 16.9 Å². The number of carboxylic acid groups (broad SMARTS) is 1. The molecule has 0 unspecified atom stereocenters. The fourth-order valence-corrected chi connectivity index (χ4v) is 7.52. The van der Waals surface area contributed by atoms with Crippen LogP contribution in [0.1, 0.15) is 72.1 Å². The Balaban J connectivity index is 1.59. The molecule has 0 aliphatic heterocycles. The highest BCUT2D eigenvalue weighted by Gasteiger charge is 2.58. The number of carboxylic acids is 1. The Bertz CT molecular complexity index is 704. The lowest BCUT2D eigenvalue weighted by molar-refractivity contribution is -0.137. The third-order valence-electron chi connectivity index (χ3n) is 9.09. The van der Waals surface area contributed by atoms with E-state index in [9.17, 15) is 9.59 Å². The predicted molar refractivity (Wildman–Crippen MR) is 106 cm³/mol. The number of hydrogen-bond donors (Lipinski definition) is 1. The molecule has 0 aromatic heterocycles. The van der Waals surface area contributed by atoms with E-state index in [1.165, 1.54) is 31.3 Å². The van der Waals surface area contributed by atoms with E-state index in [0.29, 0.717) is 53.6 Å². The fraction of sp³-hybridized carbons (Fsp3) is 0.750. The summed E-state index contributed by atoms with van der Waals surface area (Å²) < 4.78 is 0. The maximum absolute atomic E-state index is 11.9. The van der Waals surface area contributed by atoms with Gasteiger partial charge in [-0.1, -0.05) is 32.9 Å². The molecule has 7 atom stereocenters. The van der Waals surface area contributed by atoms with Crippen molar-refractivity contribution in [3.05, 3.63) is 23.8 Å². The second-order valence-corrected chi connectivity index (χ2v) is 10.3. The van der Waals surface area contributed by atoms with Gasteiger partial charge in [-0.15, -0.1) is 0 Å². The van der Waals surface area contributed by atoms with Crippen molar-refractivity contribution in [2.24, 2.45) is 40.4 Å². The molecule has 148 valence electrons. The summed E-state index contributed by atoms with van der Waals surface area (Å²) >= 11 is 0. The number of carbonyl (C=O) groups excluding carboxylic acids is 1. The molecule has 27 heavy (non-hydrogen) atoms. The molecule has 0 aromatic rings. The third kappa shape index (κ3) is 2.93. The van der Waals surface area contributed by atoms with Crippen LogP contribution in [0.15, 0.2) is 23.8 Å². The molecular formula is C24H34O3. The van der Waals surface area contributed by atoms with Crippen LogP contribution >= 0.6 is 0 Å². The number of fused-ring (bicyclic) bond motifs is 5. The number of aliphatic carboxylic acids is 1. The Hall–Kier alpha value is -1.38. The highest BCUT2D eigenvalue weighted by atomic mass is 16.4. The molecule has 0 bridgehead atoms. The molecule has 3 nitrogen and oxygen atoms in total. The third-order valence-corrected chi connectivity index (χ3v) is 9.09. The lowest BCUT2D eigenvalue weighted by atomic mass is 9.48. The van der Waals surface area contributed by atoms with Gasteiger partial charge in [0.2, 0.25) is 0 Å². The Morgan fingerprint density at radius 2 is 2.00 bits per heavy atom. The molecule has 4 aliphatic carbocycles. The Labute approximate surface area is 163 Å². The molecule has 0 heterocycles. The zero-order valence-electron chi connectivity index (χ0n) is 17.0. The minimum absolute atomic E-state index is 0.168. The van der Waals surface area contributed by atoms with E-state index in [4.69, 9.17) is 5.11 Å². The van der Waals surface area contributed by atoms with Crippen LogP contribution in [0.4, 0.5) is 0 Å². The van der Waals surface area contributed by atoms with Gasteiger partial charge in [-0.3, -0.25) is 9.59 Å². The van der Waals surface area contributed by atoms with Gasteiger partial charge >= 0.3 is 5.97 Å². The summed E-state index contributed by atoms with van der Waals surface area (Å²) in [4.78, 5) is 23.0. The summed E-state index contributed by atoms with van der Waals surface area (Å²) in [7, 11) is 0. The van der Waals surface area contributed by atoms with E-state index in [2.05, 4.69) is 32.9 Å². The smallest absolute Gasteiger partial charge is 0.303 e. The van der Waals surface area contributed by atoms with Crippen LogP contribution in [0.5, 0.6) is 0 Å². The van der Waals surface area contributed by atoms with Crippen molar-refractivity contribution in [2.45, 2.75) is 72.1 Å². The van der Waals surface area contributed by atoms with Crippen molar-refractivity contribution in [2.75, 3.05) is 0 Å². The maximum atomic E-state index is 11.9. The zero-order valence-corrected chi connectivity index (χ0v) is 17.0. The van der Waals surface area contributed by atoms with E-state index < -0.39 is 5.97 Å². The van der Waals surface area contributed by atoms with Crippen LogP contribution in [0.2, 0.25) is 0 Å². The molecule has 0 spiro atoms. The van der Waals surface area contributed by atoms with E-state index >= 15 is 0 Å². The van der Waals surface area contributed by atoms with Crippen molar-refractivity contribution in [1.29, 1.82) is 0 Å². The largest absolute Gasteiger partial charge is 0.481 e. The molecule has 0 radical (unpaired) electrons. The van der Waals surface area contributed by atoms with Crippen LogP contribution in [0.25, 0.3) is 0 Å². The summed E-state index contributed by atoms with van der Waals surface area (Å²) in [5.41, 5.74) is 1.78. The van der Waals surface area contributed by atoms with Gasteiger partial charge in [0, 0.05) is 12.8 Å². The van der Waals surface area contributed by atoms with Crippen LogP contribution in [0.3, 0.4) is 0 Å². The van der Waals surface area contributed by atoms with E-state index in [-0.39, 0.29) is 5.41 Å². The molecule has 2 fully saturated rings. The predicted octanol–water partition coefficient (Wildman–Crippen LogP) is 5.41. The number of carbonyl (C=O) groups is 2. The molecule has 0 aromatic carbocycles. The molecule has 1 N–H and O–H groups in total. The zero-order chi connectivity index (χ0) is 19.4. The minimum atomic E-state index is -0.667. The molecular weight excluding hydrogens is 336 g/mol. The first kappa shape index (κ1) is 19.0. The highest BCUT2D eigenvalue weighted by molar-refractivity contribution is 5.92. The van der Waals surface area contributed by atoms with Crippen molar-refractivity contribution in [3.8, 4) is 0 Å². The average Bonchev–Trinajstić information content (AvgIpc) is 2.97. The van der Waals surface area contributed by atoms with Crippen molar-refractivity contribution in [3.63, 3.8) is 0 Å². The van der Waals surface area contributed by atoms with Crippen molar-refractivity contribution in [1.82, 2.24) is 0 Å². The van der Waals surface area contributed by atoms with Gasteiger partial charge < -0.3 is 5.11 Å². The second kappa shape index (κ2) is 6.60. The van der Waals surface area contributed by atoms with Gasteiger partial charge in [0.1, 0.15) is 0 Å². The number of rotatable bonds is 4. The molecule has 4 aliphatic rings. The molecule has 0 amide bonds. The van der Waals surface area contributed by atoms with Crippen LogP contribution in [-0.2, 0) is 9.59 Å². The summed E-state index contributed by atoms with van der Waals surface area (Å²) in [5, 5.41) is 9.07. The fourth-order valence-electron chi connectivity index (χ4n) is 7.52. The Morgan fingerprint density at radius 1 is 1.22 bits per heavy atom. The van der Waals surface area contributed by atoms with Crippen molar-refractivity contribution < 1.29 is 14.7 Å². The Morgan fingerprint density at radius 3 is 2.74 bits per heavy atom. The van der Waals surface area contributed by atoms with Crippen LogP contribution < -0.4 is 0 Å². The highest BCUT2D eigenvalue weighted by Crippen LogP contribution is 2.66. The monoisotopic (exact) mass is 370 g/mol. The van der Waals surface area contributed by atoms with E-state index in [1.54, 1.807) is 0 Å². The van der Waals surface area contributed by atoms with Gasteiger partial charge in [0.05, 0.1) is 0 Å². The van der Waals surface area contributed by atoms with E-state index in [1.807, 2.05) is 6.08 Å². The van der Waals surface area contributed by atoms with Crippen molar-refractivity contribution >= 4 is 11.8 Å².